The van der Waals surface area contributed by atoms with E-state index in [9.17, 15) is 8.76 Å². The minimum absolute atomic E-state index is 0. The zero-order valence-corrected chi connectivity index (χ0v) is 11.6. The first kappa shape index (κ1) is 13.2. The zero-order valence-electron chi connectivity index (χ0n) is 8.07. The van der Waals surface area contributed by atoms with Crippen molar-refractivity contribution in [2.45, 2.75) is 4.90 Å². The summed E-state index contributed by atoms with van der Waals surface area (Å²) in [4.78, 5) is 0.171. The normalized spacial score (nSPS) is 12.1. The van der Waals surface area contributed by atoms with Gasteiger partial charge in [-0.3, -0.25) is 4.21 Å². The number of halogens is 1. The van der Waals surface area contributed by atoms with E-state index in [4.69, 9.17) is 11.6 Å². The summed E-state index contributed by atoms with van der Waals surface area (Å²) in [5, 5.41) is 1.79. The van der Waals surface area contributed by atoms with Crippen molar-refractivity contribution < 1.29 is 38.3 Å². The number of fused-ring (bicyclic) bond motifs is 1. The Hall–Kier alpha value is 0.1000. The molecule has 15 heavy (non-hydrogen) atoms. The van der Waals surface area contributed by atoms with Gasteiger partial charge in [0.05, 0.1) is 9.92 Å². The van der Waals surface area contributed by atoms with Crippen LogP contribution in [0.2, 0.25) is 5.02 Å². The van der Waals surface area contributed by atoms with E-state index < -0.39 is 11.1 Å². The summed E-state index contributed by atoms with van der Waals surface area (Å²) in [7, 11) is 0. The Balaban J connectivity index is 0.00000112. The fourth-order valence-electron chi connectivity index (χ4n) is 1.39. The molecular weight excluding hydrogens is 243 g/mol. The Morgan fingerprint density at radius 2 is 1.80 bits per heavy atom. The first-order chi connectivity index (χ1) is 6.70. The Bertz CT molecular complexity index is 516. The first-order valence-electron chi connectivity index (χ1n) is 3.96. The van der Waals surface area contributed by atoms with E-state index in [0.29, 0.717) is 5.39 Å². The Kier molecular flexibility index (Phi) is 4.77. The summed E-state index contributed by atoms with van der Waals surface area (Å²) in [5.41, 5.74) is 0. The van der Waals surface area contributed by atoms with Gasteiger partial charge >= 0.3 is 29.6 Å². The fraction of sp³-hybridized carbons (Fsp3) is 0. The molecule has 2 rings (SSSR count). The zero-order chi connectivity index (χ0) is 10.1. The van der Waals surface area contributed by atoms with Crippen molar-refractivity contribution >= 4 is 33.5 Å². The van der Waals surface area contributed by atoms with Crippen LogP contribution >= 0.6 is 11.6 Å². The number of hydrogen-bond acceptors (Lipinski definition) is 2. The maximum absolute atomic E-state index is 11.0. The van der Waals surface area contributed by atoms with E-state index >= 15 is 0 Å². The number of benzene rings is 2. The van der Waals surface area contributed by atoms with Crippen LogP contribution in [0.3, 0.4) is 0 Å². The SMILES string of the molecule is O=S([O-])c1c(Cl)ccc2ccccc12.[Na+]. The summed E-state index contributed by atoms with van der Waals surface area (Å²) in [5.74, 6) is 0. The third-order valence-electron chi connectivity index (χ3n) is 2.00. The van der Waals surface area contributed by atoms with Crippen molar-refractivity contribution in [3.63, 3.8) is 0 Å². The Morgan fingerprint density at radius 3 is 2.47 bits per heavy atom. The van der Waals surface area contributed by atoms with Gasteiger partial charge in [-0.05, 0) is 27.9 Å². The van der Waals surface area contributed by atoms with E-state index in [-0.39, 0.29) is 39.5 Å². The standard InChI is InChI=1S/C10H7ClO2S.Na/c11-9-6-5-7-3-1-2-4-8(7)10(9)14(12)13;/h1-6H,(H,12,13);/q;+1/p-1. The summed E-state index contributed by atoms with van der Waals surface area (Å²) >= 11 is 3.51. The molecule has 0 saturated heterocycles. The van der Waals surface area contributed by atoms with Gasteiger partial charge < -0.3 is 4.55 Å². The largest absolute Gasteiger partial charge is 1.00 e. The molecule has 0 bridgehead atoms. The molecule has 72 valence electrons. The second-order valence-electron chi connectivity index (χ2n) is 2.83. The van der Waals surface area contributed by atoms with Crippen LogP contribution in [0.1, 0.15) is 0 Å². The van der Waals surface area contributed by atoms with Crippen molar-refractivity contribution in [1.82, 2.24) is 0 Å². The van der Waals surface area contributed by atoms with Crippen molar-refractivity contribution in [3.8, 4) is 0 Å². The van der Waals surface area contributed by atoms with Crippen molar-refractivity contribution in [2.75, 3.05) is 0 Å². The van der Waals surface area contributed by atoms with Crippen molar-refractivity contribution in [2.24, 2.45) is 0 Å². The van der Waals surface area contributed by atoms with Crippen LogP contribution in [0.25, 0.3) is 10.8 Å². The van der Waals surface area contributed by atoms with E-state index in [0.717, 1.165) is 5.39 Å². The minimum Gasteiger partial charge on any atom is -0.768 e. The molecule has 0 spiro atoms. The monoisotopic (exact) mass is 248 g/mol. The van der Waals surface area contributed by atoms with Gasteiger partial charge in [0, 0.05) is 0 Å². The fourth-order valence-corrected chi connectivity index (χ4v) is 2.33. The molecule has 0 heterocycles. The van der Waals surface area contributed by atoms with E-state index in [1.54, 1.807) is 24.3 Å². The van der Waals surface area contributed by atoms with Gasteiger partial charge in [0.15, 0.2) is 0 Å². The van der Waals surface area contributed by atoms with Crippen LogP contribution in [0.5, 0.6) is 0 Å². The van der Waals surface area contributed by atoms with E-state index in [2.05, 4.69) is 0 Å². The molecule has 1 atom stereocenters. The molecule has 0 aliphatic carbocycles. The van der Waals surface area contributed by atoms with Gasteiger partial charge in [0.25, 0.3) is 0 Å². The quantitative estimate of drug-likeness (QED) is 0.515. The Morgan fingerprint density at radius 1 is 1.13 bits per heavy atom. The van der Waals surface area contributed by atoms with Crippen LogP contribution in [0.15, 0.2) is 41.3 Å². The van der Waals surface area contributed by atoms with Crippen LogP contribution in [-0.4, -0.2) is 8.76 Å². The topological polar surface area (TPSA) is 40.1 Å². The molecule has 5 heteroatoms. The molecule has 0 aliphatic rings. The van der Waals surface area contributed by atoms with Gasteiger partial charge in [0.1, 0.15) is 0 Å². The van der Waals surface area contributed by atoms with Crippen LogP contribution in [-0.2, 0) is 11.1 Å². The summed E-state index contributed by atoms with van der Waals surface area (Å²) < 4.78 is 21.9. The number of rotatable bonds is 1. The molecule has 1 unspecified atom stereocenters. The molecule has 2 aromatic rings. The third kappa shape index (κ3) is 2.61. The summed E-state index contributed by atoms with van der Waals surface area (Å²) in [6.07, 6.45) is 0. The predicted octanol–water partition coefficient (Wildman–Crippen LogP) is -0.265. The molecule has 0 aliphatic heterocycles. The maximum Gasteiger partial charge on any atom is 1.00 e. The molecule has 0 fully saturated rings. The molecule has 0 aromatic heterocycles. The number of hydrogen-bond donors (Lipinski definition) is 0. The summed E-state index contributed by atoms with van der Waals surface area (Å²) in [6, 6.07) is 10.6. The molecular formula is C10H6ClNaO2S. The molecule has 0 amide bonds. The summed E-state index contributed by atoms with van der Waals surface area (Å²) in [6.45, 7) is 0. The Labute approximate surface area is 117 Å². The molecule has 2 nitrogen and oxygen atoms in total. The third-order valence-corrected chi connectivity index (χ3v) is 3.20. The molecule has 0 radical (unpaired) electrons. The average molecular weight is 249 g/mol. The van der Waals surface area contributed by atoms with Gasteiger partial charge in [-0.15, -0.1) is 0 Å². The first-order valence-corrected chi connectivity index (χ1v) is 5.42. The molecule has 0 saturated carbocycles. The maximum atomic E-state index is 11.0. The van der Waals surface area contributed by atoms with Gasteiger partial charge in [-0.25, -0.2) is 0 Å². The smallest absolute Gasteiger partial charge is 0.768 e. The van der Waals surface area contributed by atoms with Crippen LogP contribution in [0.4, 0.5) is 0 Å². The average Bonchev–Trinajstić information content (AvgIpc) is 2.17. The minimum atomic E-state index is -2.30. The second kappa shape index (κ2) is 5.43. The molecule has 0 N–H and O–H groups in total. The van der Waals surface area contributed by atoms with Gasteiger partial charge in [0.2, 0.25) is 0 Å². The van der Waals surface area contributed by atoms with Crippen LogP contribution < -0.4 is 29.6 Å². The van der Waals surface area contributed by atoms with Crippen molar-refractivity contribution in [1.29, 1.82) is 0 Å². The van der Waals surface area contributed by atoms with Crippen LogP contribution in [0, 0.1) is 0 Å². The molecule has 2 aromatic carbocycles. The van der Waals surface area contributed by atoms with Crippen molar-refractivity contribution in [3.05, 3.63) is 41.4 Å². The van der Waals surface area contributed by atoms with Gasteiger partial charge in [-0.2, -0.15) is 0 Å². The predicted molar refractivity (Wildman–Crippen MR) is 56.1 cm³/mol. The van der Waals surface area contributed by atoms with E-state index in [1.165, 1.54) is 0 Å². The van der Waals surface area contributed by atoms with E-state index in [1.807, 2.05) is 12.1 Å². The van der Waals surface area contributed by atoms with Gasteiger partial charge in [-0.1, -0.05) is 41.9 Å². The second-order valence-corrected chi connectivity index (χ2v) is 4.12.